The van der Waals surface area contributed by atoms with E-state index in [2.05, 4.69) is 39.8 Å². The molecule has 2 heterocycles. The van der Waals surface area contributed by atoms with Gasteiger partial charge >= 0.3 is 5.91 Å². The molecule has 0 radical (unpaired) electrons. The average Bonchev–Trinajstić information content (AvgIpc) is 3.12. The van der Waals surface area contributed by atoms with Gasteiger partial charge in [0.05, 0.1) is 0 Å². The zero-order valence-corrected chi connectivity index (χ0v) is 22.6. The first kappa shape index (κ1) is 27.6. The van der Waals surface area contributed by atoms with Crippen molar-refractivity contribution in [3.05, 3.63) is 35.9 Å². The Kier molecular flexibility index (Phi) is 10.4. The van der Waals surface area contributed by atoms with Gasteiger partial charge in [0, 0.05) is 37.5 Å². The maximum Gasteiger partial charge on any atom is 0.309 e. The molecule has 2 saturated heterocycles. The van der Waals surface area contributed by atoms with Crippen LogP contribution in [0, 0.1) is 11.8 Å². The summed E-state index contributed by atoms with van der Waals surface area (Å²) >= 11 is 1.59. The van der Waals surface area contributed by atoms with E-state index in [1.807, 2.05) is 18.2 Å². The van der Waals surface area contributed by atoms with Crippen LogP contribution in [0.5, 0.6) is 0 Å². The number of thioether (sulfide) groups is 1. The fourth-order valence-corrected chi connectivity index (χ4v) is 6.71. The zero-order chi connectivity index (χ0) is 26.0. The molecule has 3 aliphatic rings. The minimum Gasteiger partial charge on any atom is -0.381 e. The Morgan fingerprint density at radius 3 is 2.43 bits per heavy atom. The number of hydrogen-bond acceptors (Lipinski definition) is 6. The quantitative estimate of drug-likeness (QED) is 0.287. The van der Waals surface area contributed by atoms with E-state index < -0.39 is 17.7 Å². The molecule has 1 aromatic carbocycles. The van der Waals surface area contributed by atoms with Crippen LogP contribution in [0.15, 0.2) is 35.4 Å². The molecule has 2 amide bonds. The van der Waals surface area contributed by atoms with Crippen LogP contribution in [0.2, 0.25) is 0 Å². The van der Waals surface area contributed by atoms with E-state index >= 15 is 0 Å². The molecule has 9 heteroatoms. The number of amides is 2. The van der Waals surface area contributed by atoms with Gasteiger partial charge in [-0.3, -0.25) is 14.4 Å². The summed E-state index contributed by atoms with van der Waals surface area (Å²) in [5.74, 6) is -0.818. The molecule has 1 saturated carbocycles. The zero-order valence-electron chi connectivity index (χ0n) is 21.8. The first-order valence-corrected chi connectivity index (χ1v) is 14.8. The Morgan fingerprint density at radius 2 is 1.76 bits per heavy atom. The maximum atomic E-state index is 13.4. The van der Waals surface area contributed by atoms with Crippen molar-refractivity contribution in [1.82, 2.24) is 15.6 Å². The van der Waals surface area contributed by atoms with Gasteiger partial charge in [-0.2, -0.15) is 0 Å². The van der Waals surface area contributed by atoms with Gasteiger partial charge in [-0.15, -0.1) is 5.10 Å². The Bertz CT molecular complexity index is 943. The number of Topliss-reactive ketones (excluding diaryl/α,β-unsaturated/α-hetero) is 1. The van der Waals surface area contributed by atoms with Gasteiger partial charge in [-0.25, -0.2) is 5.43 Å². The summed E-state index contributed by atoms with van der Waals surface area (Å²) in [6.45, 7) is 3.89. The average molecular weight is 529 g/mol. The van der Waals surface area contributed by atoms with Crippen molar-refractivity contribution in [2.24, 2.45) is 16.9 Å². The molecule has 37 heavy (non-hydrogen) atoms. The first-order chi connectivity index (χ1) is 18.1. The Labute approximate surface area is 224 Å². The Hall–Kier alpha value is -2.39. The second kappa shape index (κ2) is 14.0. The third kappa shape index (κ3) is 7.57. The minimum atomic E-state index is -0.847. The van der Waals surface area contributed by atoms with Crippen molar-refractivity contribution < 1.29 is 19.1 Å². The van der Waals surface area contributed by atoms with E-state index in [1.54, 1.807) is 11.8 Å². The fraction of sp³-hybridized carbons (Fsp3) is 0.643. The second-order valence-corrected chi connectivity index (χ2v) is 11.3. The number of rotatable bonds is 9. The monoisotopic (exact) mass is 528 g/mol. The maximum absolute atomic E-state index is 13.4. The van der Waals surface area contributed by atoms with Crippen LogP contribution in [0.25, 0.3) is 0 Å². The van der Waals surface area contributed by atoms with Gasteiger partial charge in [0.15, 0.2) is 5.17 Å². The number of hydrogen-bond donors (Lipinski definition) is 2. The van der Waals surface area contributed by atoms with Crippen molar-refractivity contribution >= 4 is 34.5 Å². The molecule has 3 fully saturated rings. The van der Waals surface area contributed by atoms with Crippen molar-refractivity contribution in [3.63, 3.8) is 0 Å². The number of ketones is 1. The van der Waals surface area contributed by atoms with Crippen LogP contribution in [0.1, 0.15) is 70.3 Å². The van der Waals surface area contributed by atoms with Gasteiger partial charge in [0.25, 0.3) is 0 Å². The summed E-state index contributed by atoms with van der Waals surface area (Å²) in [5, 5.41) is 8.07. The summed E-state index contributed by atoms with van der Waals surface area (Å²) < 4.78 is 5.47. The van der Waals surface area contributed by atoms with Crippen molar-refractivity contribution in [2.45, 2.75) is 83.3 Å². The number of hydrazone groups is 1. The molecule has 2 atom stereocenters. The SMILES string of the molecule is CC[C@@H]1CS/C(=N\NC(=O)C(=O)[C@H](NC(=O)C2CCCCCC2)C2CCOCC2)N1Cc1ccccc1. The highest BCUT2D eigenvalue weighted by Crippen LogP contribution is 2.28. The highest BCUT2D eigenvalue weighted by molar-refractivity contribution is 8.14. The highest BCUT2D eigenvalue weighted by atomic mass is 32.2. The standard InChI is InChI=1S/C28H40N4O4S/c1-2-23-19-37-28(32(23)18-20-10-6-5-7-11-20)31-30-27(35)25(33)24(21-14-16-36-17-15-21)29-26(34)22-12-8-3-4-9-13-22/h5-7,10-11,21-24H,2-4,8-9,12-19H2,1H3,(H,29,34)(H,30,35)/b31-28-/t23-,24-/m1/s1. The molecule has 0 bridgehead atoms. The summed E-state index contributed by atoms with van der Waals surface area (Å²) in [4.78, 5) is 41.7. The lowest BCUT2D eigenvalue weighted by molar-refractivity contribution is -0.142. The van der Waals surface area contributed by atoms with E-state index in [1.165, 1.54) is 5.56 Å². The van der Waals surface area contributed by atoms with Crippen LogP contribution >= 0.6 is 11.8 Å². The fourth-order valence-electron chi connectivity index (χ4n) is 5.47. The van der Waals surface area contributed by atoms with E-state index in [9.17, 15) is 14.4 Å². The molecule has 4 rings (SSSR count). The van der Waals surface area contributed by atoms with E-state index in [-0.39, 0.29) is 17.7 Å². The lowest BCUT2D eigenvalue weighted by Crippen LogP contribution is -2.53. The number of nitrogens with zero attached hydrogens (tertiary/aromatic N) is 2. The molecule has 0 spiro atoms. The van der Waals surface area contributed by atoms with E-state index in [0.29, 0.717) is 43.8 Å². The van der Waals surface area contributed by atoms with E-state index in [0.717, 1.165) is 50.7 Å². The van der Waals surface area contributed by atoms with Gasteiger partial charge < -0.3 is 15.0 Å². The number of carbonyl (C=O) groups excluding carboxylic acids is 3. The lowest BCUT2D eigenvalue weighted by atomic mass is 9.87. The van der Waals surface area contributed by atoms with Crippen molar-refractivity contribution in [1.29, 1.82) is 0 Å². The number of nitrogens with one attached hydrogen (secondary N) is 2. The minimum absolute atomic E-state index is 0.0895. The van der Waals surface area contributed by atoms with Crippen LogP contribution in [0.3, 0.4) is 0 Å². The third-order valence-electron chi connectivity index (χ3n) is 7.78. The lowest BCUT2D eigenvalue weighted by Gasteiger charge is -2.30. The predicted octanol–water partition coefficient (Wildman–Crippen LogP) is 3.85. The van der Waals surface area contributed by atoms with Gasteiger partial charge in [0.1, 0.15) is 6.04 Å². The number of ether oxygens (including phenoxy) is 1. The van der Waals surface area contributed by atoms with Gasteiger partial charge in [0.2, 0.25) is 11.7 Å². The molecule has 2 N–H and O–H groups in total. The second-order valence-electron chi connectivity index (χ2n) is 10.3. The van der Waals surface area contributed by atoms with Crippen LogP contribution in [-0.2, 0) is 25.7 Å². The molecule has 8 nitrogen and oxygen atoms in total. The summed E-state index contributed by atoms with van der Waals surface area (Å²) in [6.07, 6.45) is 8.28. The molecule has 0 aromatic heterocycles. The smallest absolute Gasteiger partial charge is 0.309 e. The molecular formula is C28H40N4O4S. The Morgan fingerprint density at radius 1 is 1.05 bits per heavy atom. The van der Waals surface area contributed by atoms with Crippen LogP contribution in [-0.4, -0.2) is 58.7 Å². The molecule has 1 aliphatic carbocycles. The summed E-state index contributed by atoms with van der Waals surface area (Å²) in [5.41, 5.74) is 3.69. The molecule has 0 unspecified atom stereocenters. The number of benzene rings is 1. The first-order valence-electron chi connectivity index (χ1n) is 13.8. The predicted molar refractivity (Wildman–Crippen MR) is 146 cm³/mol. The third-order valence-corrected chi connectivity index (χ3v) is 8.91. The highest BCUT2D eigenvalue weighted by Gasteiger charge is 2.37. The largest absolute Gasteiger partial charge is 0.381 e. The topological polar surface area (TPSA) is 100 Å². The molecule has 2 aliphatic heterocycles. The van der Waals surface area contributed by atoms with Crippen molar-refractivity contribution in [3.8, 4) is 0 Å². The van der Waals surface area contributed by atoms with E-state index in [4.69, 9.17) is 4.74 Å². The van der Waals surface area contributed by atoms with Gasteiger partial charge in [-0.05, 0) is 43.6 Å². The van der Waals surface area contributed by atoms with Gasteiger partial charge in [-0.1, -0.05) is 74.7 Å². The summed E-state index contributed by atoms with van der Waals surface area (Å²) in [6, 6.07) is 9.62. The van der Waals surface area contributed by atoms with Crippen molar-refractivity contribution in [2.75, 3.05) is 19.0 Å². The van der Waals surface area contributed by atoms with Crippen LogP contribution in [0.4, 0.5) is 0 Å². The van der Waals surface area contributed by atoms with Crippen LogP contribution < -0.4 is 10.7 Å². The molecular weight excluding hydrogens is 488 g/mol. The normalized spacial score (nSPS) is 23.4. The Balaban J connectivity index is 1.43. The number of carbonyl (C=O) groups is 3. The summed E-state index contributed by atoms with van der Waals surface area (Å²) in [7, 11) is 0. The molecule has 202 valence electrons. The molecule has 1 aromatic rings. The number of amidine groups is 1.